The van der Waals surface area contributed by atoms with Gasteiger partial charge < -0.3 is 5.32 Å². The first-order valence-corrected chi connectivity index (χ1v) is 11.4. The van der Waals surface area contributed by atoms with Crippen molar-refractivity contribution in [3.05, 3.63) is 71.0 Å². The molecule has 7 nitrogen and oxygen atoms in total. The Hall–Kier alpha value is -2.68. The van der Waals surface area contributed by atoms with E-state index in [0.717, 1.165) is 18.5 Å². The summed E-state index contributed by atoms with van der Waals surface area (Å²) in [4.78, 5) is 12.8. The van der Waals surface area contributed by atoms with Gasteiger partial charge in [-0.25, -0.2) is 13.1 Å². The number of nitrogens with one attached hydrogen (secondary N) is 1. The standard InChI is InChI=1S/C21H21ClN4O3S/c1-15-18(14-23-26(15)17-7-3-2-4-8-17)21(27)24-16-9-10-19(22)20(13-16)30(28,29)25-11-5-6-12-25/h2-4,7-10,13-14H,5-6,11-12H2,1H3,(H,24,27). The molecule has 30 heavy (non-hydrogen) atoms. The molecule has 1 N–H and O–H groups in total. The number of para-hydroxylation sites is 1. The number of nitrogens with zero attached hydrogens (tertiary/aromatic N) is 3. The van der Waals surface area contributed by atoms with Crippen molar-refractivity contribution in [2.45, 2.75) is 24.7 Å². The molecule has 0 bridgehead atoms. The summed E-state index contributed by atoms with van der Waals surface area (Å²) in [6.45, 7) is 2.76. The van der Waals surface area contributed by atoms with Crippen molar-refractivity contribution in [1.82, 2.24) is 14.1 Å². The van der Waals surface area contributed by atoms with Gasteiger partial charge in [-0.3, -0.25) is 4.79 Å². The number of rotatable bonds is 5. The van der Waals surface area contributed by atoms with E-state index < -0.39 is 10.0 Å². The van der Waals surface area contributed by atoms with Crippen LogP contribution in [-0.4, -0.2) is 41.5 Å². The molecule has 1 aromatic heterocycles. The molecule has 0 saturated carbocycles. The Morgan fingerprint density at radius 3 is 2.50 bits per heavy atom. The number of carbonyl (C=O) groups excluding carboxylic acids is 1. The minimum atomic E-state index is -3.70. The second-order valence-corrected chi connectivity index (χ2v) is 9.42. The fourth-order valence-corrected chi connectivity index (χ4v) is 5.52. The Kier molecular flexibility index (Phi) is 5.64. The predicted octanol–water partition coefficient (Wildman–Crippen LogP) is 3.87. The monoisotopic (exact) mass is 444 g/mol. The first-order valence-electron chi connectivity index (χ1n) is 9.59. The summed E-state index contributed by atoms with van der Waals surface area (Å²) in [7, 11) is -3.70. The molecular formula is C21H21ClN4O3S. The van der Waals surface area contributed by atoms with Gasteiger partial charge in [-0.05, 0) is 50.1 Å². The first kappa shape index (κ1) is 20.6. The van der Waals surface area contributed by atoms with Gasteiger partial charge in [0.2, 0.25) is 10.0 Å². The Labute approximate surface area is 180 Å². The van der Waals surface area contributed by atoms with Crippen LogP contribution in [0, 0.1) is 6.92 Å². The number of sulfonamides is 1. The molecule has 0 aliphatic carbocycles. The van der Waals surface area contributed by atoms with Crippen LogP contribution in [-0.2, 0) is 10.0 Å². The summed E-state index contributed by atoms with van der Waals surface area (Å²) in [6.07, 6.45) is 3.16. The maximum atomic E-state index is 12.9. The minimum Gasteiger partial charge on any atom is -0.322 e. The van der Waals surface area contributed by atoms with Gasteiger partial charge in [0.05, 0.1) is 28.2 Å². The van der Waals surface area contributed by atoms with E-state index in [9.17, 15) is 13.2 Å². The number of hydrogen-bond donors (Lipinski definition) is 1. The molecular weight excluding hydrogens is 424 g/mol. The molecule has 2 aromatic carbocycles. The molecule has 0 radical (unpaired) electrons. The van der Waals surface area contributed by atoms with Crippen LogP contribution in [0.5, 0.6) is 0 Å². The highest BCUT2D eigenvalue weighted by Gasteiger charge is 2.29. The lowest BCUT2D eigenvalue weighted by Crippen LogP contribution is -2.28. The first-order chi connectivity index (χ1) is 14.4. The molecule has 1 aliphatic rings. The van der Waals surface area contributed by atoms with Gasteiger partial charge in [-0.1, -0.05) is 29.8 Å². The van der Waals surface area contributed by atoms with Crippen molar-refractivity contribution in [2.24, 2.45) is 0 Å². The van der Waals surface area contributed by atoms with Crippen LogP contribution >= 0.6 is 11.6 Å². The molecule has 1 saturated heterocycles. The summed E-state index contributed by atoms with van der Waals surface area (Å²) in [5.41, 5.74) is 2.28. The van der Waals surface area contributed by atoms with Crippen molar-refractivity contribution >= 4 is 33.2 Å². The zero-order valence-corrected chi connectivity index (χ0v) is 17.9. The van der Waals surface area contributed by atoms with E-state index in [0.29, 0.717) is 30.0 Å². The molecule has 1 fully saturated rings. The lowest BCUT2D eigenvalue weighted by molar-refractivity contribution is 0.102. The van der Waals surface area contributed by atoms with Crippen LogP contribution in [0.25, 0.3) is 5.69 Å². The molecule has 9 heteroatoms. The van der Waals surface area contributed by atoms with E-state index in [1.807, 2.05) is 30.3 Å². The van der Waals surface area contributed by atoms with Crippen molar-refractivity contribution in [3.8, 4) is 5.69 Å². The summed E-state index contributed by atoms with van der Waals surface area (Å²) in [5.74, 6) is -0.374. The number of hydrogen-bond acceptors (Lipinski definition) is 4. The summed E-state index contributed by atoms with van der Waals surface area (Å²) >= 11 is 6.18. The van der Waals surface area contributed by atoms with Gasteiger partial charge in [-0.2, -0.15) is 9.40 Å². The van der Waals surface area contributed by atoms with Crippen LogP contribution in [0.15, 0.2) is 59.6 Å². The fourth-order valence-electron chi connectivity index (χ4n) is 3.51. The van der Waals surface area contributed by atoms with E-state index in [4.69, 9.17) is 11.6 Å². The van der Waals surface area contributed by atoms with Gasteiger partial charge >= 0.3 is 0 Å². The minimum absolute atomic E-state index is 0.000527. The van der Waals surface area contributed by atoms with E-state index in [2.05, 4.69) is 10.4 Å². The number of amides is 1. The number of halogens is 1. The van der Waals surface area contributed by atoms with Crippen LogP contribution in [0.4, 0.5) is 5.69 Å². The van der Waals surface area contributed by atoms with Gasteiger partial charge in [0.1, 0.15) is 4.90 Å². The maximum absolute atomic E-state index is 12.9. The molecule has 0 atom stereocenters. The van der Waals surface area contributed by atoms with Crippen molar-refractivity contribution in [3.63, 3.8) is 0 Å². The van der Waals surface area contributed by atoms with Crippen molar-refractivity contribution in [2.75, 3.05) is 18.4 Å². The molecule has 1 aliphatic heterocycles. The number of aromatic nitrogens is 2. The lowest BCUT2D eigenvalue weighted by atomic mass is 10.2. The normalized spacial score (nSPS) is 14.7. The number of carbonyl (C=O) groups is 1. The van der Waals surface area contributed by atoms with Gasteiger partial charge in [0, 0.05) is 18.8 Å². The SMILES string of the molecule is Cc1c(C(=O)Nc2ccc(Cl)c(S(=O)(=O)N3CCCC3)c2)cnn1-c1ccccc1. The van der Waals surface area contributed by atoms with Crippen LogP contribution in [0.2, 0.25) is 5.02 Å². The average Bonchev–Trinajstić information content (AvgIpc) is 3.40. The molecule has 2 heterocycles. The Morgan fingerprint density at radius 2 is 1.80 bits per heavy atom. The van der Waals surface area contributed by atoms with Crippen molar-refractivity contribution in [1.29, 1.82) is 0 Å². The highest BCUT2D eigenvalue weighted by atomic mass is 35.5. The maximum Gasteiger partial charge on any atom is 0.259 e. The summed E-state index contributed by atoms with van der Waals surface area (Å²) < 4.78 is 28.9. The van der Waals surface area contributed by atoms with E-state index in [-0.39, 0.29) is 15.8 Å². The van der Waals surface area contributed by atoms with Gasteiger partial charge in [0.25, 0.3) is 5.91 Å². The van der Waals surface area contributed by atoms with Crippen LogP contribution < -0.4 is 5.32 Å². The molecule has 156 valence electrons. The molecule has 3 aromatic rings. The smallest absolute Gasteiger partial charge is 0.259 e. The second kappa shape index (κ2) is 8.22. The van der Waals surface area contributed by atoms with Crippen LogP contribution in [0.3, 0.4) is 0 Å². The molecule has 0 unspecified atom stereocenters. The van der Waals surface area contributed by atoms with Gasteiger partial charge in [-0.15, -0.1) is 0 Å². The molecule has 0 spiro atoms. The van der Waals surface area contributed by atoms with E-state index >= 15 is 0 Å². The molecule has 4 rings (SSSR count). The number of benzene rings is 2. The number of anilines is 1. The summed E-state index contributed by atoms with van der Waals surface area (Å²) in [5, 5.41) is 7.20. The third-order valence-corrected chi connectivity index (χ3v) is 7.51. The third-order valence-electron chi connectivity index (χ3n) is 5.13. The average molecular weight is 445 g/mol. The highest BCUT2D eigenvalue weighted by molar-refractivity contribution is 7.89. The third kappa shape index (κ3) is 3.86. The fraction of sp³-hybridized carbons (Fsp3) is 0.238. The Bertz CT molecular complexity index is 1190. The highest BCUT2D eigenvalue weighted by Crippen LogP contribution is 2.30. The van der Waals surface area contributed by atoms with Gasteiger partial charge in [0.15, 0.2) is 0 Å². The zero-order chi connectivity index (χ0) is 21.3. The largest absolute Gasteiger partial charge is 0.322 e. The second-order valence-electron chi connectivity index (χ2n) is 7.10. The summed E-state index contributed by atoms with van der Waals surface area (Å²) in [6, 6.07) is 14.0. The quantitative estimate of drug-likeness (QED) is 0.647. The Morgan fingerprint density at radius 1 is 1.10 bits per heavy atom. The van der Waals surface area contributed by atoms with E-state index in [1.165, 1.54) is 22.6 Å². The van der Waals surface area contributed by atoms with Crippen molar-refractivity contribution < 1.29 is 13.2 Å². The topological polar surface area (TPSA) is 84.3 Å². The molecule has 1 amide bonds. The zero-order valence-electron chi connectivity index (χ0n) is 16.4. The van der Waals surface area contributed by atoms with E-state index in [1.54, 1.807) is 17.7 Å². The lowest BCUT2D eigenvalue weighted by Gasteiger charge is -2.17. The predicted molar refractivity (Wildman–Crippen MR) is 116 cm³/mol. The Balaban J connectivity index is 1.60. The van der Waals surface area contributed by atoms with Crippen LogP contribution in [0.1, 0.15) is 28.9 Å².